The van der Waals surface area contributed by atoms with Gasteiger partial charge in [-0.2, -0.15) is 0 Å². The number of carbonyl (C=O) groups is 3. The number of aryl methyl sites for hydroxylation is 1. The Morgan fingerprint density at radius 2 is 1.89 bits per heavy atom. The average Bonchev–Trinajstić information content (AvgIpc) is 3.11. The van der Waals surface area contributed by atoms with E-state index in [4.69, 9.17) is 21.1 Å². The molecule has 37 heavy (non-hydrogen) atoms. The van der Waals surface area contributed by atoms with Crippen LogP contribution in [0.25, 0.3) is 6.08 Å². The van der Waals surface area contributed by atoms with Gasteiger partial charge in [0.05, 0.1) is 15.6 Å². The maximum absolute atomic E-state index is 12.9. The van der Waals surface area contributed by atoms with E-state index in [1.807, 2.05) is 37.3 Å². The van der Waals surface area contributed by atoms with Crippen molar-refractivity contribution in [2.45, 2.75) is 13.5 Å². The smallest absolute Gasteiger partial charge is 0.294 e. The van der Waals surface area contributed by atoms with Crippen molar-refractivity contribution in [1.82, 2.24) is 4.90 Å². The predicted octanol–water partition coefficient (Wildman–Crippen LogP) is 6.52. The Kier molecular flexibility index (Phi) is 8.78. The molecule has 1 fully saturated rings. The third-order valence-corrected chi connectivity index (χ3v) is 7.28. The van der Waals surface area contributed by atoms with Gasteiger partial charge < -0.3 is 14.8 Å². The number of hydrogen-bond acceptors (Lipinski definition) is 6. The number of imide groups is 1. The topological polar surface area (TPSA) is 84.9 Å². The first kappa shape index (κ1) is 27.0. The molecular weight excluding hydrogens is 627 g/mol. The fourth-order valence-corrected chi connectivity index (χ4v) is 5.31. The van der Waals surface area contributed by atoms with Crippen LogP contribution in [0.4, 0.5) is 10.5 Å². The molecule has 0 spiro atoms. The Morgan fingerprint density at radius 1 is 1.14 bits per heavy atom. The first-order valence-electron chi connectivity index (χ1n) is 11.1. The van der Waals surface area contributed by atoms with E-state index in [0.717, 1.165) is 25.8 Å². The van der Waals surface area contributed by atoms with E-state index in [9.17, 15) is 14.4 Å². The molecule has 1 N–H and O–H groups in total. The molecule has 7 nitrogen and oxygen atoms in total. The standard InChI is InChI=1S/C27H22ClIN2O5S/c1-16-6-8-17(9-7-16)15-36-25-21(29)10-18(11-22(25)35-2)12-23-26(33)31(27(34)37-23)14-24(32)30-20-5-3-4-19(28)13-20/h3-13H,14-15H2,1-2H3,(H,30,32)/b23-12-. The number of rotatable bonds is 8. The first-order chi connectivity index (χ1) is 17.7. The van der Waals surface area contributed by atoms with Crippen LogP contribution in [0.1, 0.15) is 16.7 Å². The number of ether oxygens (including phenoxy) is 2. The second-order valence-corrected chi connectivity index (χ2v) is 10.7. The van der Waals surface area contributed by atoms with E-state index in [2.05, 4.69) is 27.9 Å². The summed E-state index contributed by atoms with van der Waals surface area (Å²) >= 11 is 8.86. The summed E-state index contributed by atoms with van der Waals surface area (Å²) in [5.41, 5.74) is 3.34. The highest BCUT2D eigenvalue weighted by Gasteiger charge is 2.36. The molecule has 190 valence electrons. The third-order valence-electron chi connectivity index (χ3n) is 5.34. The van der Waals surface area contributed by atoms with E-state index in [1.165, 1.54) is 5.56 Å². The van der Waals surface area contributed by atoms with Gasteiger partial charge in [-0.15, -0.1) is 0 Å². The van der Waals surface area contributed by atoms with Gasteiger partial charge in [-0.25, -0.2) is 0 Å². The minimum Gasteiger partial charge on any atom is -0.493 e. The summed E-state index contributed by atoms with van der Waals surface area (Å²) < 4.78 is 12.3. The molecule has 0 unspecified atom stereocenters. The highest BCUT2D eigenvalue weighted by atomic mass is 127. The zero-order valence-corrected chi connectivity index (χ0v) is 23.6. The number of methoxy groups -OCH3 is 1. The molecule has 4 rings (SSSR count). The monoisotopic (exact) mass is 648 g/mol. The SMILES string of the molecule is COc1cc(/C=C2\SC(=O)N(CC(=O)Nc3cccc(Cl)c3)C2=O)cc(I)c1OCc1ccc(C)cc1. The number of hydrogen-bond donors (Lipinski definition) is 1. The van der Waals surface area contributed by atoms with Gasteiger partial charge in [0.25, 0.3) is 11.1 Å². The Labute approximate surface area is 237 Å². The highest BCUT2D eigenvalue weighted by Crippen LogP contribution is 2.37. The molecule has 0 aliphatic carbocycles. The van der Waals surface area contributed by atoms with Gasteiger partial charge in [0.15, 0.2) is 11.5 Å². The van der Waals surface area contributed by atoms with Crippen LogP contribution in [0.15, 0.2) is 65.6 Å². The molecular formula is C27H22ClIN2O5S. The van der Waals surface area contributed by atoms with E-state index in [1.54, 1.807) is 43.5 Å². The molecule has 10 heteroatoms. The lowest BCUT2D eigenvalue weighted by molar-refractivity contribution is -0.127. The van der Waals surface area contributed by atoms with Crippen molar-refractivity contribution in [3.05, 3.63) is 90.9 Å². The largest absolute Gasteiger partial charge is 0.493 e. The van der Waals surface area contributed by atoms with Crippen LogP contribution in [0.5, 0.6) is 11.5 Å². The van der Waals surface area contributed by atoms with Crippen molar-refractivity contribution in [3.8, 4) is 11.5 Å². The van der Waals surface area contributed by atoms with Crippen molar-refractivity contribution >= 4 is 74.8 Å². The van der Waals surface area contributed by atoms with Crippen LogP contribution >= 0.6 is 46.0 Å². The molecule has 0 radical (unpaired) electrons. The van der Waals surface area contributed by atoms with Crippen LogP contribution < -0.4 is 14.8 Å². The average molecular weight is 649 g/mol. The summed E-state index contributed by atoms with van der Waals surface area (Å²) in [6.07, 6.45) is 1.61. The van der Waals surface area contributed by atoms with Crippen LogP contribution in [-0.4, -0.2) is 35.6 Å². The third kappa shape index (κ3) is 6.85. The number of benzene rings is 3. The van der Waals surface area contributed by atoms with Gasteiger partial charge >= 0.3 is 0 Å². The van der Waals surface area contributed by atoms with E-state index < -0.39 is 23.6 Å². The number of amides is 3. The number of thioether (sulfide) groups is 1. The minimum absolute atomic E-state index is 0.215. The Morgan fingerprint density at radius 3 is 2.59 bits per heavy atom. The zero-order chi connectivity index (χ0) is 26.5. The van der Waals surface area contributed by atoms with Gasteiger partial charge in [0, 0.05) is 10.7 Å². The summed E-state index contributed by atoms with van der Waals surface area (Å²) in [5, 5.41) is 2.59. The molecule has 3 aromatic carbocycles. The lowest BCUT2D eigenvalue weighted by Crippen LogP contribution is -2.36. The fraction of sp³-hybridized carbons (Fsp3) is 0.148. The van der Waals surface area contributed by atoms with Gasteiger partial charge in [0.2, 0.25) is 5.91 Å². The van der Waals surface area contributed by atoms with Crippen LogP contribution in [0.3, 0.4) is 0 Å². The maximum Gasteiger partial charge on any atom is 0.294 e. The van der Waals surface area contributed by atoms with Crippen molar-refractivity contribution in [1.29, 1.82) is 0 Å². The Hall–Kier alpha value is -3.02. The number of halogens is 2. The lowest BCUT2D eigenvalue weighted by atomic mass is 10.1. The second-order valence-electron chi connectivity index (χ2n) is 8.13. The molecule has 1 heterocycles. The predicted molar refractivity (Wildman–Crippen MR) is 154 cm³/mol. The van der Waals surface area contributed by atoms with Gasteiger partial charge in [0.1, 0.15) is 13.2 Å². The quantitative estimate of drug-likeness (QED) is 0.221. The lowest BCUT2D eigenvalue weighted by Gasteiger charge is -2.14. The zero-order valence-electron chi connectivity index (χ0n) is 19.9. The Balaban J connectivity index is 1.46. The fourth-order valence-electron chi connectivity index (χ4n) is 3.50. The molecule has 1 aliphatic heterocycles. The van der Waals surface area contributed by atoms with Crippen molar-refractivity contribution in [3.63, 3.8) is 0 Å². The molecule has 0 bridgehead atoms. The first-order valence-corrected chi connectivity index (χ1v) is 13.4. The normalized spacial score (nSPS) is 14.3. The Bertz CT molecular complexity index is 1390. The van der Waals surface area contributed by atoms with Crippen molar-refractivity contribution in [2.24, 2.45) is 0 Å². The van der Waals surface area contributed by atoms with Crippen LogP contribution in [0, 0.1) is 10.5 Å². The van der Waals surface area contributed by atoms with Crippen LogP contribution in [0.2, 0.25) is 5.02 Å². The van der Waals surface area contributed by atoms with Gasteiger partial charge in [-0.05, 0) is 88.8 Å². The van der Waals surface area contributed by atoms with E-state index >= 15 is 0 Å². The van der Waals surface area contributed by atoms with E-state index in [0.29, 0.717) is 34.4 Å². The summed E-state index contributed by atoms with van der Waals surface area (Å²) in [6, 6.07) is 18.3. The summed E-state index contributed by atoms with van der Waals surface area (Å²) in [6.45, 7) is 2.00. The summed E-state index contributed by atoms with van der Waals surface area (Å²) in [4.78, 5) is 39.0. The number of nitrogens with zero attached hydrogens (tertiary/aromatic N) is 1. The van der Waals surface area contributed by atoms with Crippen molar-refractivity contribution in [2.75, 3.05) is 19.0 Å². The van der Waals surface area contributed by atoms with Crippen molar-refractivity contribution < 1.29 is 23.9 Å². The number of carbonyl (C=O) groups excluding carboxylic acids is 3. The molecule has 1 aliphatic rings. The molecule has 0 atom stereocenters. The minimum atomic E-state index is -0.537. The van der Waals surface area contributed by atoms with Gasteiger partial charge in [-0.3, -0.25) is 19.3 Å². The highest BCUT2D eigenvalue weighted by molar-refractivity contribution is 14.1. The van der Waals surface area contributed by atoms with Crippen LogP contribution in [-0.2, 0) is 16.2 Å². The summed E-state index contributed by atoms with van der Waals surface area (Å²) in [5.74, 6) is 0.0547. The maximum atomic E-state index is 12.9. The number of anilines is 1. The number of nitrogens with one attached hydrogen (secondary N) is 1. The molecule has 0 saturated carbocycles. The molecule has 1 saturated heterocycles. The van der Waals surface area contributed by atoms with E-state index in [-0.39, 0.29) is 4.91 Å². The molecule has 3 amide bonds. The second kappa shape index (κ2) is 12.0. The van der Waals surface area contributed by atoms with Gasteiger partial charge in [-0.1, -0.05) is 47.5 Å². The molecule has 0 aromatic heterocycles. The molecule has 3 aromatic rings. The summed E-state index contributed by atoms with van der Waals surface area (Å²) in [7, 11) is 1.54.